The highest BCUT2D eigenvalue weighted by Gasteiger charge is 2.04. The van der Waals surface area contributed by atoms with Gasteiger partial charge in [-0.25, -0.2) is 0 Å². The number of fused-ring (bicyclic) bond motifs is 1. The molecule has 0 unspecified atom stereocenters. The molecule has 0 aliphatic heterocycles. The predicted octanol–water partition coefficient (Wildman–Crippen LogP) is 2.27. The van der Waals surface area contributed by atoms with E-state index in [-0.39, 0.29) is 6.42 Å². The first-order valence-corrected chi connectivity index (χ1v) is 5.29. The van der Waals surface area contributed by atoms with E-state index in [9.17, 15) is 4.79 Å². The highest BCUT2D eigenvalue weighted by Crippen LogP contribution is 2.22. The summed E-state index contributed by atoms with van der Waals surface area (Å²) in [7, 11) is 0. The molecule has 0 atom stereocenters. The van der Waals surface area contributed by atoms with Crippen LogP contribution in [-0.2, 0) is 11.3 Å². The number of aromatic nitrogens is 2. The zero-order chi connectivity index (χ0) is 10.8. The Hall–Kier alpha value is -1.36. The average molecular weight is 269 g/mol. The lowest BCUT2D eigenvalue weighted by Crippen LogP contribution is -2.04. The standard InChI is InChI=1S/C10H9BrN2O2/c11-8-2-1-3-9-7(8)6-13(12-9)5-4-10(14)15/h1-3,6H,4-5H2,(H,14,15). The Bertz CT molecular complexity index is 507. The molecule has 5 heteroatoms. The average Bonchev–Trinajstić information content (AvgIpc) is 2.59. The molecule has 2 aromatic rings. The van der Waals surface area contributed by atoms with E-state index in [1.165, 1.54) is 0 Å². The molecule has 1 aromatic heterocycles. The van der Waals surface area contributed by atoms with Gasteiger partial charge < -0.3 is 5.11 Å². The quantitative estimate of drug-likeness (QED) is 0.929. The van der Waals surface area contributed by atoms with Gasteiger partial charge >= 0.3 is 5.97 Å². The smallest absolute Gasteiger partial charge is 0.305 e. The van der Waals surface area contributed by atoms with E-state index in [0.717, 1.165) is 15.4 Å². The molecule has 0 aliphatic carbocycles. The molecule has 0 aliphatic rings. The molecule has 1 aromatic carbocycles. The van der Waals surface area contributed by atoms with Gasteiger partial charge in [0.15, 0.2) is 0 Å². The minimum absolute atomic E-state index is 0.0889. The number of nitrogens with zero attached hydrogens (tertiary/aromatic N) is 2. The third-order valence-electron chi connectivity index (χ3n) is 2.10. The van der Waals surface area contributed by atoms with Crippen molar-refractivity contribution in [3.05, 3.63) is 28.9 Å². The molecule has 1 heterocycles. The van der Waals surface area contributed by atoms with Crippen molar-refractivity contribution in [1.29, 1.82) is 0 Å². The van der Waals surface area contributed by atoms with Crippen molar-refractivity contribution in [3.8, 4) is 0 Å². The van der Waals surface area contributed by atoms with Crippen LogP contribution in [0.15, 0.2) is 28.9 Å². The van der Waals surface area contributed by atoms with Crippen molar-refractivity contribution in [2.75, 3.05) is 0 Å². The number of benzene rings is 1. The Labute approximate surface area is 94.6 Å². The van der Waals surface area contributed by atoms with Gasteiger partial charge in [-0.2, -0.15) is 5.10 Å². The minimum atomic E-state index is -0.811. The molecule has 78 valence electrons. The zero-order valence-corrected chi connectivity index (χ0v) is 9.44. The van der Waals surface area contributed by atoms with Crippen LogP contribution in [0.3, 0.4) is 0 Å². The number of rotatable bonds is 3. The van der Waals surface area contributed by atoms with Crippen LogP contribution in [0, 0.1) is 0 Å². The number of carboxylic acids is 1. The summed E-state index contributed by atoms with van der Waals surface area (Å²) < 4.78 is 2.63. The van der Waals surface area contributed by atoms with E-state index in [0.29, 0.717) is 6.54 Å². The lowest BCUT2D eigenvalue weighted by molar-refractivity contribution is -0.137. The molecular formula is C10H9BrN2O2. The highest BCUT2D eigenvalue weighted by molar-refractivity contribution is 9.10. The van der Waals surface area contributed by atoms with Crippen molar-refractivity contribution >= 4 is 32.8 Å². The molecule has 0 saturated heterocycles. The summed E-state index contributed by atoms with van der Waals surface area (Å²) in [5.74, 6) is -0.811. The molecule has 0 fully saturated rings. The molecule has 0 bridgehead atoms. The second-order valence-electron chi connectivity index (χ2n) is 3.21. The fourth-order valence-electron chi connectivity index (χ4n) is 1.38. The van der Waals surface area contributed by atoms with Crippen LogP contribution in [0.2, 0.25) is 0 Å². The third-order valence-corrected chi connectivity index (χ3v) is 2.79. The Kier molecular flexibility index (Phi) is 2.73. The van der Waals surface area contributed by atoms with Crippen LogP contribution in [0.5, 0.6) is 0 Å². The number of halogens is 1. The first-order chi connectivity index (χ1) is 7.16. The van der Waals surface area contributed by atoms with Gasteiger partial charge in [-0.05, 0) is 12.1 Å². The summed E-state index contributed by atoms with van der Waals surface area (Å²) in [5.41, 5.74) is 0.870. The van der Waals surface area contributed by atoms with Gasteiger partial charge in [-0.1, -0.05) is 22.0 Å². The molecule has 0 radical (unpaired) electrons. The van der Waals surface area contributed by atoms with Crippen molar-refractivity contribution in [3.63, 3.8) is 0 Å². The number of carboxylic acid groups (broad SMARTS) is 1. The number of hydrogen-bond acceptors (Lipinski definition) is 2. The van der Waals surface area contributed by atoms with Gasteiger partial charge in [-0.15, -0.1) is 0 Å². The van der Waals surface area contributed by atoms with Gasteiger partial charge in [0.2, 0.25) is 0 Å². The van der Waals surface area contributed by atoms with E-state index < -0.39 is 5.97 Å². The summed E-state index contributed by atoms with van der Waals surface area (Å²) in [4.78, 5) is 10.4. The molecule has 4 nitrogen and oxygen atoms in total. The summed E-state index contributed by atoms with van der Waals surface area (Å²) in [5, 5.41) is 13.8. The van der Waals surface area contributed by atoms with E-state index in [1.807, 2.05) is 24.4 Å². The normalized spacial score (nSPS) is 10.7. The van der Waals surface area contributed by atoms with E-state index in [1.54, 1.807) is 4.68 Å². The first kappa shape index (κ1) is 10.2. The number of aryl methyl sites for hydroxylation is 1. The number of hydrogen-bond donors (Lipinski definition) is 1. The van der Waals surface area contributed by atoms with Crippen LogP contribution in [0.4, 0.5) is 0 Å². The maximum atomic E-state index is 10.4. The molecule has 0 saturated carbocycles. The van der Waals surface area contributed by atoms with Gasteiger partial charge in [0, 0.05) is 16.1 Å². The molecule has 0 spiro atoms. The van der Waals surface area contributed by atoms with Crippen molar-refractivity contribution in [2.45, 2.75) is 13.0 Å². The molecular weight excluding hydrogens is 260 g/mol. The van der Waals surface area contributed by atoms with Gasteiger partial charge in [-0.3, -0.25) is 9.48 Å². The fraction of sp³-hybridized carbons (Fsp3) is 0.200. The second-order valence-corrected chi connectivity index (χ2v) is 4.06. The van der Waals surface area contributed by atoms with Gasteiger partial charge in [0.1, 0.15) is 0 Å². The Morgan fingerprint density at radius 1 is 1.53 bits per heavy atom. The summed E-state index contributed by atoms with van der Waals surface area (Å²) in [6.45, 7) is 0.399. The molecule has 0 amide bonds. The summed E-state index contributed by atoms with van der Waals surface area (Å²) in [6, 6.07) is 5.74. The van der Waals surface area contributed by atoms with Crippen molar-refractivity contribution in [1.82, 2.24) is 9.78 Å². The fourth-order valence-corrected chi connectivity index (χ4v) is 1.84. The lowest BCUT2D eigenvalue weighted by atomic mass is 10.3. The minimum Gasteiger partial charge on any atom is -0.481 e. The number of aliphatic carboxylic acids is 1. The molecule has 15 heavy (non-hydrogen) atoms. The predicted molar refractivity (Wildman–Crippen MR) is 59.7 cm³/mol. The Morgan fingerprint density at radius 2 is 2.33 bits per heavy atom. The van der Waals surface area contributed by atoms with Gasteiger partial charge in [0.05, 0.1) is 18.5 Å². The van der Waals surface area contributed by atoms with Crippen LogP contribution in [0.1, 0.15) is 6.42 Å². The van der Waals surface area contributed by atoms with Crippen molar-refractivity contribution < 1.29 is 9.90 Å². The van der Waals surface area contributed by atoms with E-state index in [4.69, 9.17) is 5.11 Å². The largest absolute Gasteiger partial charge is 0.481 e. The third kappa shape index (κ3) is 2.18. The number of carbonyl (C=O) groups is 1. The SMILES string of the molecule is O=C(O)CCn1cc2c(Br)cccc2n1. The van der Waals surface area contributed by atoms with E-state index >= 15 is 0 Å². The van der Waals surface area contributed by atoms with E-state index in [2.05, 4.69) is 21.0 Å². The highest BCUT2D eigenvalue weighted by atomic mass is 79.9. The van der Waals surface area contributed by atoms with Crippen LogP contribution >= 0.6 is 15.9 Å². The first-order valence-electron chi connectivity index (χ1n) is 4.50. The Balaban J connectivity index is 2.31. The van der Waals surface area contributed by atoms with Crippen molar-refractivity contribution in [2.24, 2.45) is 0 Å². The lowest BCUT2D eigenvalue weighted by Gasteiger charge is -1.95. The molecule has 1 N–H and O–H groups in total. The van der Waals surface area contributed by atoms with Gasteiger partial charge in [0.25, 0.3) is 0 Å². The maximum Gasteiger partial charge on any atom is 0.305 e. The Morgan fingerprint density at radius 3 is 3.00 bits per heavy atom. The maximum absolute atomic E-state index is 10.4. The van der Waals surface area contributed by atoms with Crippen LogP contribution < -0.4 is 0 Å². The monoisotopic (exact) mass is 268 g/mol. The summed E-state index contributed by atoms with van der Waals surface area (Å²) >= 11 is 3.42. The van der Waals surface area contributed by atoms with Crippen LogP contribution in [0.25, 0.3) is 10.9 Å². The second kappa shape index (κ2) is 4.02. The summed E-state index contributed by atoms with van der Waals surface area (Å²) in [6.07, 6.45) is 1.94. The topological polar surface area (TPSA) is 55.1 Å². The molecule has 2 rings (SSSR count). The van der Waals surface area contributed by atoms with Crippen LogP contribution in [-0.4, -0.2) is 20.9 Å². The zero-order valence-electron chi connectivity index (χ0n) is 7.85.